The molecule has 0 aromatic heterocycles. The van der Waals surface area contributed by atoms with E-state index in [1.165, 1.54) is 81.0 Å². The van der Waals surface area contributed by atoms with Gasteiger partial charge in [0, 0.05) is 5.69 Å². The summed E-state index contributed by atoms with van der Waals surface area (Å²) < 4.78 is 56.2. The van der Waals surface area contributed by atoms with Crippen molar-refractivity contribution in [1.82, 2.24) is 0 Å². The van der Waals surface area contributed by atoms with E-state index in [0.717, 1.165) is 0 Å². The van der Waals surface area contributed by atoms with Gasteiger partial charge in [0.25, 0.3) is 15.9 Å². The van der Waals surface area contributed by atoms with Crippen LogP contribution in [0.15, 0.2) is 91.4 Å². The Morgan fingerprint density at radius 2 is 1.27 bits per heavy atom. The van der Waals surface area contributed by atoms with Gasteiger partial charge in [-0.15, -0.1) is 0 Å². The molecule has 13 heteroatoms. The Labute approximate surface area is 255 Å². The lowest BCUT2D eigenvalue weighted by Gasteiger charge is -2.20. The molecule has 0 aliphatic rings. The van der Waals surface area contributed by atoms with Gasteiger partial charge in [-0.1, -0.05) is 38.0 Å². The molecule has 0 saturated carbocycles. The van der Waals surface area contributed by atoms with Gasteiger partial charge in [0.15, 0.2) is 23.0 Å². The largest absolute Gasteiger partial charge is 0.491 e. The predicted molar refractivity (Wildman–Crippen MR) is 167 cm³/mol. The Kier molecular flexibility index (Phi) is 11.4. The van der Waals surface area contributed by atoms with Gasteiger partial charge in [0.2, 0.25) is 0 Å². The van der Waals surface area contributed by atoms with Crippen LogP contribution in [-0.4, -0.2) is 54.3 Å². The van der Waals surface area contributed by atoms with Gasteiger partial charge in [0.1, 0.15) is 25.4 Å². The van der Waals surface area contributed by atoms with E-state index in [4.69, 9.17) is 29.4 Å². The molecule has 0 saturated heterocycles. The second-order valence-electron chi connectivity index (χ2n) is 8.76. The first kappa shape index (κ1) is 33.1. The number of benzene rings is 3. The van der Waals surface area contributed by atoms with Crippen LogP contribution in [0.25, 0.3) is 0 Å². The van der Waals surface area contributed by atoms with E-state index in [1.54, 1.807) is 0 Å². The third-order valence-electron chi connectivity index (χ3n) is 5.80. The summed E-state index contributed by atoms with van der Waals surface area (Å²) in [6.07, 6.45) is 4.34. The minimum Gasteiger partial charge on any atom is -0.491 e. The van der Waals surface area contributed by atoms with E-state index in [-0.39, 0.29) is 70.2 Å². The summed E-state index contributed by atoms with van der Waals surface area (Å²) in [7, 11) is -1.42. The summed E-state index contributed by atoms with van der Waals surface area (Å²) in [5.41, 5.74) is 6.29. The maximum atomic E-state index is 13.6. The maximum Gasteiger partial charge on any atom is 0.342 e. The molecule has 0 atom stereocenters. The second-order valence-corrected chi connectivity index (χ2v) is 10.4. The summed E-state index contributed by atoms with van der Waals surface area (Å²) in [6.45, 7) is 10.7. The average molecular weight is 624 g/mol. The molecule has 0 unspecified atom stereocenters. The molecule has 0 spiro atoms. The Morgan fingerprint density at radius 3 is 1.84 bits per heavy atom. The maximum absolute atomic E-state index is 13.6. The Bertz CT molecular complexity index is 1650. The fourth-order valence-corrected chi connectivity index (χ4v) is 4.94. The fraction of sp³-hybridized carbons (Fsp3) is 0.161. The molecule has 232 valence electrons. The summed E-state index contributed by atoms with van der Waals surface area (Å²) >= 11 is 0. The summed E-state index contributed by atoms with van der Waals surface area (Å²) in [5.74, 6) is -1.42. The second kappa shape index (κ2) is 15.2. The molecule has 0 fully saturated rings. The number of rotatable bonds is 16. The molecular weight excluding hydrogens is 590 g/mol. The number of carbonyl (C=O) groups excluding carboxylic acids is 2. The molecule has 1 amide bonds. The molecule has 44 heavy (non-hydrogen) atoms. The number of nitrogens with two attached hydrogens (primary N) is 1. The Hall–Kier alpha value is -5.43. The van der Waals surface area contributed by atoms with E-state index in [9.17, 15) is 18.0 Å². The topological polar surface area (TPSA) is 165 Å². The van der Waals surface area contributed by atoms with Crippen LogP contribution in [0.3, 0.4) is 0 Å². The molecular formula is C31H33N3O9S. The minimum atomic E-state index is -4.06. The number of nitrogen functional groups attached to an aromatic ring is 1. The van der Waals surface area contributed by atoms with Gasteiger partial charge in [0.05, 0.1) is 36.1 Å². The van der Waals surface area contributed by atoms with E-state index in [2.05, 4.69) is 29.8 Å². The molecule has 0 aliphatic heterocycles. The lowest BCUT2D eigenvalue weighted by atomic mass is 10.1. The van der Waals surface area contributed by atoms with Crippen molar-refractivity contribution in [2.24, 2.45) is 0 Å². The number of hydrogen-bond acceptors (Lipinski definition) is 10. The first-order valence-corrected chi connectivity index (χ1v) is 14.5. The minimum absolute atomic E-state index is 0.00999. The van der Waals surface area contributed by atoms with Gasteiger partial charge in [-0.05, 0) is 48.5 Å². The van der Waals surface area contributed by atoms with Crippen LogP contribution in [0, 0.1) is 0 Å². The molecule has 3 aromatic carbocycles. The number of ether oxygens (including phenoxy) is 5. The van der Waals surface area contributed by atoms with Gasteiger partial charge in [-0.2, -0.15) is 0 Å². The van der Waals surface area contributed by atoms with Crippen LogP contribution >= 0.6 is 0 Å². The molecule has 0 bridgehead atoms. The van der Waals surface area contributed by atoms with Crippen LogP contribution in [0.2, 0.25) is 0 Å². The highest BCUT2D eigenvalue weighted by Gasteiger charge is 2.27. The highest BCUT2D eigenvalue weighted by molar-refractivity contribution is 7.92. The first-order chi connectivity index (χ1) is 21.1. The lowest BCUT2D eigenvalue weighted by molar-refractivity contribution is 0.0544. The van der Waals surface area contributed by atoms with Crippen molar-refractivity contribution >= 4 is 39.0 Å². The van der Waals surface area contributed by atoms with E-state index >= 15 is 0 Å². The van der Waals surface area contributed by atoms with Crippen LogP contribution in [0.1, 0.15) is 20.7 Å². The van der Waals surface area contributed by atoms with Crippen LogP contribution in [0.4, 0.5) is 17.1 Å². The highest BCUT2D eigenvalue weighted by atomic mass is 32.2. The number of methoxy groups -OCH3 is 2. The SMILES string of the molecule is C=CCOC(=O)c1ccc(NC(=O)c2ccc(NS(=O)(=O)c3ccc(N)cc3)c(OC)c2OCC=C)c(OC)c1OCC=C. The van der Waals surface area contributed by atoms with Crippen molar-refractivity contribution in [1.29, 1.82) is 0 Å². The van der Waals surface area contributed by atoms with Crippen LogP contribution in [0.5, 0.6) is 23.0 Å². The summed E-state index contributed by atoms with van der Waals surface area (Å²) in [5, 5.41) is 2.72. The molecule has 0 aliphatic carbocycles. The molecule has 4 N–H and O–H groups in total. The van der Waals surface area contributed by atoms with Crippen molar-refractivity contribution in [3.05, 3.63) is 97.6 Å². The number of nitrogens with one attached hydrogen (secondary N) is 2. The number of sulfonamides is 1. The van der Waals surface area contributed by atoms with Crippen molar-refractivity contribution in [3.8, 4) is 23.0 Å². The number of amides is 1. The lowest BCUT2D eigenvalue weighted by Crippen LogP contribution is -2.18. The van der Waals surface area contributed by atoms with E-state index in [1.807, 2.05) is 0 Å². The summed E-state index contributed by atoms with van der Waals surface area (Å²) in [4.78, 5) is 26.2. The van der Waals surface area contributed by atoms with Gasteiger partial charge in [-0.3, -0.25) is 9.52 Å². The zero-order valence-corrected chi connectivity index (χ0v) is 25.1. The third kappa shape index (κ3) is 7.69. The Balaban J connectivity index is 2.05. The van der Waals surface area contributed by atoms with Crippen molar-refractivity contribution in [2.45, 2.75) is 4.90 Å². The van der Waals surface area contributed by atoms with Crippen molar-refractivity contribution < 1.29 is 41.7 Å². The molecule has 3 aromatic rings. The third-order valence-corrected chi connectivity index (χ3v) is 7.18. The van der Waals surface area contributed by atoms with Crippen LogP contribution < -0.4 is 34.7 Å². The molecule has 3 rings (SSSR count). The van der Waals surface area contributed by atoms with E-state index in [0.29, 0.717) is 5.69 Å². The van der Waals surface area contributed by atoms with Crippen LogP contribution in [-0.2, 0) is 14.8 Å². The van der Waals surface area contributed by atoms with Crippen molar-refractivity contribution in [2.75, 3.05) is 49.8 Å². The summed E-state index contributed by atoms with van der Waals surface area (Å²) in [6, 6.07) is 11.2. The number of anilines is 3. The predicted octanol–water partition coefficient (Wildman–Crippen LogP) is 4.81. The zero-order valence-electron chi connectivity index (χ0n) is 24.3. The zero-order chi connectivity index (χ0) is 32.3. The number of hydrogen-bond donors (Lipinski definition) is 3. The van der Waals surface area contributed by atoms with E-state index < -0.39 is 21.9 Å². The fourth-order valence-electron chi connectivity index (χ4n) is 3.87. The average Bonchev–Trinajstić information content (AvgIpc) is 3.01. The van der Waals surface area contributed by atoms with Crippen molar-refractivity contribution in [3.63, 3.8) is 0 Å². The highest BCUT2D eigenvalue weighted by Crippen LogP contribution is 2.42. The molecule has 0 heterocycles. The molecule has 12 nitrogen and oxygen atoms in total. The standard InChI is InChI=1S/C31H33N3O9S/c1-6-17-41-26-22(13-16-25(29(26)40-5)34-44(37,38)21-11-9-20(32)10-12-21)30(35)33-24-15-14-23(31(36)43-19-8-3)27(28(24)39-4)42-18-7-2/h6-16,34H,1-3,17-19,32H2,4-5H3,(H,33,35). The number of carbonyl (C=O) groups is 2. The quantitative estimate of drug-likeness (QED) is 0.115. The smallest absolute Gasteiger partial charge is 0.342 e. The monoisotopic (exact) mass is 623 g/mol. The Morgan fingerprint density at radius 1 is 0.750 bits per heavy atom. The first-order valence-electron chi connectivity index (χ1n) is 13.0. The van der Waals surface area contributed by atoms with Gasteiger partial charge in [-0.25, -0.2) is 13.2 Å². The van der Waals surface area contributed by atoms with Gasteiger partial charge >= 0.3 is 5.97 Å². The number of esters is 1. The van der Waals surface area contributed by atoms with Gasteiger partial charge < -0.3 is 34.7 Å². The molecule has 0 radical (unpaired) electrons. The normalized spacial score (nSPS) is 10.6.